The van der Waals surface area contributed by atoms with Gasteiger partial charge in [-0.2, -0.15) is 0 Å². The number of benzene rings is 2. The summed E-state index contributed by atoms with van der Waals surface area (Å²) in [5.41, 5.74) is 1.56. The summed E-state index contributed by atoms with van der Waals surface area (Å²) in [5.74, 6) is 1.60. The van der Waals surface area contributed by atoms with Gasteiger partial charge in [0.05, 0.1) is 14.2 Å². The Labute approximate surface area is 122 Å². The first-order valence-corrected chi connectivity index (χ1v) is 6.44. The van der Waals surface area contributed by atoms with Crippen LogP contribution in [-0.4, -0.2) is 19.3 Å². The van der Waals surface area contributed by atoms with Crippen LogP contribution in [0.25, 0.3) is 0 Å². The van der Waals surface area contributed by atoms with Crippen molar-refractivity contribution in [3.63, 3.8) is 0 Å². The highest BCUT2D eigenvalue weighted by atomic mass is 35.5. The summed E-state index contributed by atoms with van der Waals surface area (Å²) < 4.78 is 10.4. The van der Waals surface area contributed by atoms with Crippen LogP contribution in [0.5, 0.6) is 17.2 Å². The number of anilines is 1. The van der Waals surface area contributed by atoms with Gasteiger partial charge < -0.3 is 19.9 Å². The Morgan fingerprint density at radius 1 is 1.05 bits per heavy atom. The summed E-state index contributed by atoms with van der Waals surface area (Å²) in [6.07, 6.45) is 0. The second-order valence-electron chi connectivity index (χ2n) is 4.23. The van der Waals surface area contributed by atoms with Crippen LogP contribution in [0.15, 0.2) is 36.4 Å². The van der Waals surface area contributed by atoms with Crippen molar-refractivity contribution in [2.24, 2.45) is 0 Å². The normalized spacial score (nSPS) is 10.2. The van der Waals surface area contributed by atoms with Gasteiger partial charge in [0, 0.05) is 41.0 Å². The minimum Gasteiger partial charge on any atom is -0.508 e. The molecule has 0 aliphatic rings. The second kappa shape index (κ2) is 6.39. The Balaban J connectivity index is 2.16. The lowest BCUT2D eigenvalue weighted by atomic mass is 10.2. The van der Waals surface area contributed by atoms with Gasteiger partial charge in [-0.1, -0.05) is 11.6 Å². The number of ether oxygens (including phenoxy) is 2. The van der Waals surface area contributed by atoms with E-state index in [2.05, 4.69) is 5.32 Å². The van der Waals surface area contributed by atoms with E-state index >= 15 is 0 Å². The number of aromatic hydroxyl groups is 1. The minimum atomic E-state index is 0.205. The zero-order valence-corrected chi connectivity index (χ0v) is 12.1. The molecule has 20 heavy (non-hydrogen) atoms. The van der Waals surface area contributed by atoms with E-state index in [0.717, 1.165) is 11.3 Å². The molecule has 5 heteroatoms. The highest BCUT2D eigenvalue weighted by Gasteiger charge is 2.05. The third-order valence-electron chi connectivity index (χ3n) is 2.88. The fourth-order valence-corrected chi connectivity index (χ4v) is 2.00. The zero-order valence-electron chi connectivity index (χ0n) is 11.3. The van der Waals surface area contributed by atoms with Gasteiger partial charge in [-0.15, -0.1) is 0 Å². The van der Waals surface area contributed by atoms with Crippen molar-refractivity contribution in [2.45, 2.75) is 6.54 Å². The largest absolute Gasteiger partial charge is 0.508 e. The molecule has 4 nitrogen and oxygen atoms in total. The number of hydrogen-bond donors (Lipinski definition) is 2. The number of hydrogen-bond acceptors (Lipinski definition) is 4. The van der Waals surface area contributed by atoms with Crippen molar-refractivity contribution in [2.75, 3.05) is 19.5 Å². The molecule has 0 fully saturated rings. The lowest BCUT2D eigenvalue weighted by molar-refractivity contribution is 0.394. The summed E-state index contributed by atoms with van der Waals surface area (Å²) in [5, 5.41) is 13.6. The third-order valence-corrected chi connectivity index (χ3v) is 3.11. The van der Waals surface area contributed by atoms with Gasteiger partial charge in [0.2, 0.25) is 0 Å². The molecule has 0 atom stereocenters. The molecule has 0 saturated heterocycles. The molecule has 0 spiro atoms. The Bertz CT molecular complexity index is 579. The van der Waals surface area contributed by atoms with Crippen LogP contribution in [0.1, 0.15) is 5.56 Å². The third kappa shape index (κ3) is 3.48. The van der Waals surface area contributed by atoms with Crippen LogP contribution >= 0.6 is 11.6 Å². The van der Waals surface area contributed by atoms with E-state index < -0.39 is 0 Å². The molecule has 0 aliphatic carbocycles. The topological polar surface area (TPSA) is 50.7 Å². The predicted molar refractivity (Wildman–Crippen MR) is 80.0 cm³/mol. The van der Waals surface area contributed by atoms with E-state index in [0.29, 0.717) is 23.1 Å². The van der Waals surface area contributed by atoms with E-state index in [9.17, 15) is 5.11 Å². The zero-order chi connectivity index (χ0) is 14.5. The fraction of sp³-hybridized carbons (Fsp3) is 0.200. The van der Waals surface area contributed by atoms with Crippen molar-refractivity contribution < 1.29 is 14.6 Å². The van der Waals surface area contributed by atoms with Crippen molar-refractivity contribution >= 4 is 17.3 Å². The van der Waals surface area contributed by atoms with Gasteiger partial charge in [0.15, 0.2) is 0 Å². The number of methoxy groups -OCH3 is 2. The van der Waals surface area contributed by atoms with E-state index in [1.165, 1.54) is 0 Å². The molecule has 2 rings (SSSR count). The molecule has 0 amide bonds. The van der Waals surface area contributed by atoms with Crippen molar-refractivity contribution in [3.8, 4) is 17.2 Å². The van der Waals surface area contributed by atoms with Crippen LogP contribution in [0, 0.1) is 0 Å². The highest BCUT2D eigenvalue weighted by Crippen LogP contribution is 2.27. The standard InChI is InChI=1S/C15H16ClNO3/c1-19-13-6-12(7-14(8-13)20-2)17-9-10-5-11(16)3-4-15(10)18/h3-8,17-18H,9H2,1-2H3. The lowest BCUT2D eigenvalue weighted by Crippen LogP contribution is -2.00. The van der Waals surface area contributed by atoms with Crippen molar-refractivity contribution in [1.82, 2.24) is 0 Å². The Morgan fingerprint density at radius 3 is 2.30 bits per heavy atom. The maximum absolute atomic E-state index is 9.77. The van der Waals surface area contributed by atoms with Crippen LogP contribution < -0.4 is 14.8 Å². The molecule has 0 heterocycles. The van der Waals surface area contributed by atoms with Crippen LogP contribution in [0.4, 0.5) is 5.69 Å². The first-order chi connectivity index (χ1) is 9.62. The fourth-order valence-electron chi connectivity index (χ4n) is 1.80. The highest BCUT2D eigenvalue weighted by molar-refractivity contribution is 6.30. The quantitative estimate of drug-likeness (QED) is 0.883. The Hall–Kier alpha value is -2.07. The van der Waals surface area contributed by atoms with Crippen LogP contribution in [0.2, 0.25) is 5.02 Å². The van der Waals surface area contributed by atoms with Crippen molar-refractivity contribution in [3.05, 3.63) is 47.0 Å². The molecule has 0 saturated carbocycles. The van der Waals surface area contributed by atoms with Crippen LogP contribution in [-0.2, 0) is 6.54 Å². The molecule has 2 aromatic carbocycles. The van der Waals surface area contributed by atoms with Gasteiger partial charge in [0.1, 0.15) is 17.2 Å². The van der Waals surface area contributed by atoms with Crippen LogP contribution in [0.3, 0.4) is 0 Å². The summed E-state index contributed by atoms with van der Waals surface area (Å²) >= 11 is 5.92. The van der Waals surface area contributed by atoms with Gasteiger partial charge in [0.25, 0.3) is 0 Å². The monoisotopic (exact) mass is 293 g/mol. The first kappa shape index (κ1) is 14.3. The molecule has 0 aliphatic heterocycles. The maximum atomic E-state index is 9.77. The Kier molecular flexibility index (Phi) is 4.58. The SMILES string of the molecule is COc1cc(NCc2cc(Cl)ccc2O)cc(OC)c1. The van der Waals surface area contributed by atoms with E-state index in [-0.39, 0.29) is 5.75 Å². The number of nitrogens with one attached hydrogen (secondary N) is 1. The maximum Gasteiger partial charge on any atom is 0.124 e. The van der Waals surface area contributed by atoms with Gasteiger partial charge >= 0.3 is 0 Å². The van der Waals surface area contributed by atoms with E-state index in [1.54, 1.807) is 38.5 Å². The number of phenols is 1. The second-order valence-corrected chi connectivity index (χ2v) is 4.66. The molecule has 106 valence electrons. The van der Waals surface area contributed by atoms with Gasteiger partial charge in [-0.25, -0.2) is 0 Å². The van der Waals surface area contributed by atoms with Gasteiger partial charge in [-0.05, 0) is 18.2 Å². The number of rotatable bonds is 5. The van der Waals surface area contributed by atoms with Gasteiger partial charge in [-0.3, -0.25) is 0 Å². The summed E-state index contributed by atoms with van der Waals surface area (Å²) in [6.45, 7) is 0.447. The summed E-state index contributed by atoms with van der Waals surface area (Å²) in [6, 6.07) is 10.4. The summed E-state index contributed by atoms with van der Waals surface area (Å²) in [7, 11) is 3.20. The smallest absolute Gasteiger partial charge is 0.124 e. The molecular formula is C15H16ClNO3. The number of phenolic OH excluding ortho intramolecular Hbond substituents is 1. The molecule has 0 aromatic heterocycles. The molecule has 0 unspecified atom stereocenters. The average molecular weight is 294 g/mol. The molecule has 0 bridgehead atoms. The lowest BCUT2D eigenvalue weighted by Gasteiger charge is -2.11. The summed E-state index contributed by atoms with van der Waals surface area (Å²) in [4.78, 5) is 0. The minimum absolute atomic E-state index is 0.205. The Morgan fingerprint density at radius 2 is 1.70 bits per heavy atom. The van der Waals surface area contributed by atoms with Crippen molar-refractivity contribution in [1.29, 1.82) is 0 Å². The number of halogens is 1. The predicted octanol–water partition coefficient (Wildman–Crippen LogP) is 3.67. The van der Waals surface area contributed by atoms with E-state index in [4.69, 9.17) is 21.1 Å². The van der Waals surface area contributed by atoms with E-state index in [1.807, 2.05) is 12.1 Å². The molecular weight excluding hydrogens is 278 g/mol. The molecule has 2 aromatic rings. The molecule has 0 radical (unpaired) electrons. The molecule has 2 N–H and O–H groups in total. The average Bonchev–Trinajstić information content (AvgIpc) is 2.47. The first-order valence-electron chi connectivity index (χ1n) is 6.06.